The van der Waals surface area contributed by atoms with E-state index in [4.69, 9.17) is 14.2 Å². The van der Waals surface area contributed by atoms with Gasteiger partial charge in [0.05, 0.1) is 13.2 Å². The highest BCUT2D eigenvalue weighted by molar-refractivity contribution is 5.79. The third kappa shape index (κ3) is 4.90. The molecule has 3 fully saturated rings. The van der Waals surface area contributed by atoms with Crippen molar-refractivity contribution in [2.24, 2.45) is 11.8 Å². The molecule has 3 saturated heterocycles. The Morgan fingerprint density at radius 1 is 1.16 bits per heavy atom. The van der Waals surface area contributed by atoms with Crippen molar-refractivity contribution in [1.29, 1.82) is 0 Å². The van der Waals surface area contributed by atoms with Crippen LogP contribution in [0.15, 0.2) is 0 Å². The quantitative estimate of drug-likeness (QED) is 0.256. The van der Waals surface area contributed by atoms with Crippen LogP contribution in [0.2, 0.25) is 0 Å². The van der Waals surface area contributed by atoms with E-state index < -0.39 is 61.3 Å². The molecular formula is C20H35NO10. The highest BCUT2D eigenvalue weighted by Crippen LogP contribution is 2.36. The Morgan fingerprint density at radius 3 is 2.45 bits per heavy atom. The minimum Gasteiger partial charge on any atom is -0.394 e. The van der Waals surface area contributed by atoms with Crippen LogP contribution >= 0.6 is 0 Å². The number of aliphatic hydroxyl groups is 6. The van der Waals surface area contributed by atoms with Crippen LogP contribution in [0.1, 0.15) is 33.6 Å². The standard InChI is InChI=1S/C20H35NO10/c1-9(2)4-10-5-13(24)21(6-10)19-16(27)15(26)17(12(7-22)30-19)31-20(3)18(28)14(25)11(23)8-29-20/h9-12,14-19,22-23,25-28H,4-8H2,1-3H3/t10?,11?,12?,14?,15?,16?,17?,18?,19?,20-/m0/s1. The van der Waals surface area contributed by atoms with Gasteiger partial charge in [0.2, 0.25) is 5.91 Å². The molecule has 10 atom stereocenters. The number of amides is 1. The molecule has 9 unspecified atom stereocenters. The third-order valence-corrected chi connectivity index (χ3v) is 6.36. The molecule has 6 N–H and O–H groups in total. The van der Waals surface area contributed by atoms with Crippen LogP contribution < -0.4 is 0 Å². The van der Waals surface area contributed by atoms with Gasteiger partial charge in [-0.15, -0.1) is 0 Å². The Bertz CT molecular complexity index is 633. The molecule has 0 aromatic rings. The lowest BCUT2D eigenvalue weighted by Crippen LogP contribution is -2.68. The van der Waals surface area contributed by atoms with Crippen LogP contribution in [-0.4, -0.2) is 116 Å². The molecule has 0 spiro atoms. The topological polar surface area (TPSA) is 169 Å². The number of ether oxygens (including phenoxy) is 3. The summed E-state index contributed by atoms with van der Waals surface area (Å²) in [5, 5.41) is 61.2. The molecule has 1 amide bonds. The van der Waals surface area contributed by atoms with E-state index >= 15 is 0 Å². The van der Waals surface area contributed by atoms with Crippen molar-refractivity contribution in [3.8, 4) is 0 Å². The van der Waals surface area contributed by atoms with Crippen molar-refractivity contribution >= 4 is 5.91 Å². The summed E-state index contributed by atoms with van der Waals surface area (Å²) in [7, 11) is 0. The summed E-state index contributed by atoms with van der Waals surface area (Å²) in [6.07, 6.45) is -10.1. The molecule has 180 valence electrons. The van der Waals surface area contributed by atoms with E-state index in [2.05, 4.69) is 13.8 Å². The lowest BCUT2D eigenvalue weighted by molar-refractivity contribution is -0.375. The van der Waals surface area contributed by atoms with E-state index in [1.165, 1.54) is 11.8 Å². The Balaban J connectivity index is 1.73. The molecule has 0 bridgehead atoms. The summed E-state index contributed by atoms with van der Waals surface area (Å²) in [6.45, 7) is 4.88. The van der Waals surface area contributed by atoms with Gasteiger partial charge >= 0.3 is 0 Å². The van der Waals surface area contributed by atoms with Gasteiger partial charge in [-0.05, 0) is 25.2 Å². The SMILES string of the molecule is CC(C)CC1CC(=O)N(C2OC(CO)C(O[C@]3(C)OCC(O)C(O)C3O)C(O)C2O)C1. The Hall–Kier alpha value is -0.890. The summed E-state index contributed by atoms with van der Waals surface area (Å²) in [5.41, 5.74) is 0. The Labute approximate surface area is 181 Å². The van der Waals surface area contributed by atoms with Gasteiger partial charge in [0.15, 0.2) is 12.0 Å². The minimum absolute atomic E-state index is 0.111. The van der Waals surface area contributed by atoms with Crippen molar-refractivity contribution in [1.82, 2.24) is 4.90 Å². The smallest absolute Gasteiger partial charge is 0.225 e. The molecule has 3 rings (SSSR count). The summed E-state index contributed by atoms with van der Waals surface area (Å²) < 4.78 is 16.8. The second-order valence-electron chi connectivity index (χ2n) is 9.39. The van der Waals surface area contributed by atoms with Crippen molar-refractivity contribution < 1.29 is 49.6 Å². The molecule has 0 radical (unpaired) electrons. The number of rotatable bonds is 6. The first-order valence-corrected chi connectivity index (χ1v) is 10.8. The van der Waals surface area contributed by atoms with Gasteiger partial charge in [0.1, 0.15) is 42.7 Å². The van der Waals surface area contributed by atoms with E-state index in [-0.39, 0.29) is 18.4 Å². The first-order chi connectivity index (χ1) is 14.5. The number of carbonyl (C=O) groups excluding carboxylic acids is 1. The van der Waals surface area contributed by atoms with E-state index in [1.54, 1.807) is 0 Å². The minimum atomic E-state index is -1.83. The number of carbonyl (C=O) groups is 1. The molecule has 0 aromatic heterocycles. The molecule has 0 saturated carbocycles. The van der Waals surface area contributed by atoms with Crippen LogP contribution in [0, 0.1) is 11.8 Å². The molecule has 11 heteroatoms. The summed E-state index contributed by atoms with van der Waals surface area (Å²) in [5.74, 6) is -1.52. The fourth-order valence-corrected chi connectivity index (χ4v) is 4.68. The zero-order chi connectivity index (χ0) is 23.1. The van der Waals surface area contributed by atoms with Crippen LogP contribution in [0.25, 0.3) is 0 Å². The molecule has 3 aliphatic rings. The number of hydrogen-bond acceptors (Lipinski definition) is 10. The predicted molar refractivity (Wildman–Crippen MR) is 104 cm³/mol. The average molecular weight is 449 g/mol. The van der Waals surface area contributed by atoms with E-state index in [1.807, 2.05) is 0 Å². The monoisotopic (exact) mass is 449 g/mol. The van der Waals surface area contributed by atoms with Gasteiger partial charge in [0.25, 0.3) is 0 Å². The van der Waals surface area contributed by atoms with Gasteiger partial charge in [-0.1, -0.05) is 13.8 Å². The van der Waals surface area contributed by atoms with Gasteiger partial charge in [-0.3, -0.25) is 4.79 Å². The molecule has 3 aliphatic heterocycles. The van der Waals surface area contributed by atoms with Crippen LogP contribution in [0.4, 0.5) is 0 Å². The largest absolute Gasteiger partial charge is 0.394 e. The van der Waals surface area contributed by atoms with Gasteiger partial charge in [-0.2, -0.15) is 0 Å². The molecule has 11 nitrogen and oxygen atoms in total. The predicted octanol–water partition coefficient (Wildman–Crippen LogP) is -2.47. The molecule has 31 heavy (non-hydrogen) atoms. The van der Waals surface area contributed by atoms with Crippen molar-refractivity contribution in [3.63, 3.8) is 0 Å². The van der Waals surface area contributed by atoms with Crippen molar-refractivity contribution in [2.75, 3.05) is 19.8 Å². The second-order valence-corrected chi connectivity index (χ2v) is 9.39. The maximum atomic E-state index is 12.5. The lowest BCUT2D eigenvalue weighted by atomic mass is 9.94. The third-order valence-electron chi connectivity index (χ3n) is 6.36. The van der Waals surface area contributed by atoms with Crippen LogP contribution in [0.3, 0.4) is 0 Å². The average Bonchev–Trinajstić information content (AvgIpc) is 3.06. The van der Waals surface area contributed by atoms with E-state index in [0.29, 0.717) is 18.9 Å². The molecule has 3 heterocycles. The molecule has 0 aromatic carbocycles. The highest BCUT2D eigenvalue weighted by atomic mass is 16.7. The number of nitrogens with zero attached hydrogens (tertiary/aromatic N) is 1. The molecular weight excluding hydrogens is 414 g/mol. The zero-order valence-electron chi connectivity index (χ0n) is 18.1. The number of hydrogen-bond donors (Lipinski definition) is 6. The zero-order valence-corrected chi connectivity index (χ0v) is 18.1. The summed E-state index contributed by atoms with van der Waals surface area (Å²) in [4.78, 5) is 13.9. The number of likely N-dealkylation sites (tertiary alicyclic amines) is 1. The fourth-order valence-electron chi connectivity index (χ4n) is 4.68. The normalized spacial score (nSPS) is 46.7. The summed E-state index contributed by atoms with van der Waals surface area (Å²) >= 11 is 0. The first-order valence-electron chi connectivity index (χ1n) is 10.8. The second kappa shape index (κ2) is 9.54. The van der Waals surface area contributed by atoms with Crippen LogP contribution in [0.5, 0.6) is 0 Å². The van der Waals surface area contributed by atoms with Crippen molar-refractivity contribution in [3.05, 3.63) is 0 Å². The number of aliphatic hydroxyl groups excluding tert-OH is 6. The summed E-state index contributed by atoms with van der Waals surface area (Å²) in [6, 6.07) is 0. The Kier molecular flexibility index (Phi) is 7.61. The first kappa shape index (κ1) is 24.7. The van der Waals surface area contributed by atoms with Crippen molar-refractivity contribution in [2.45, 2.75) is 88.4 Å². The van der Waals surface area contributed by atoms with E-state index in [9.17, 15) is 35.4 Å². The van der Waals surface area contributed by atoms with E-state index in [0.717, 1.165) is 6.42 Å². The van der Waals surface area contributed by atoms with Gasteiger partial charge < -0.3 is 49.7 Å². The lowest BCUT2D eigenvalue weighted by Gasteiger charge is -2.50. The van der Waals surface area contributed by atoms with Crippen LogP contribution in [-0.2, 0) is 19.0 Å². The maximum Gasteiger partial charge on any atom is 0.225 e. The fraction of sp³-hybridized carbons (Fsp3) is 0.950. The van der Waals surface area contributed by atoms with Gasteiger partial charge in [0, 0.05) is 13.0 Å². The molecule has 0 aliphatic carbocycles. The highest BCUT2D eigenvalue weighted by Gasteiger charge is 2.55. The Morgan fingerprint density at radius 2 is 1.84 bits per heavy atom. The van der Waals surface area contributed by atoms with Gasteiger partial charge in [-0.25, -0.2) is 0 Å². The maximum absolute atomic E-state index is 12.5.